The van der Waals surface area contributed by atoms with Crippen LogP contribution in [0.4, 0.5) is 5.69 Å². The molecule has 7 nitrogen and oxygen atoms in total. The number of para-hydroxylation sites is 2. The maximum atomic E-state index is 13.2. The molecule has 0 aliphatic rings. The fourth-order valence-corrected chi connectivity index (χ4v) is 3.18. The number of aromatic nitrogens is 2. The van der Waals surface area contributed by atoms with Crippen LogP contribution >= 0.6 is 0 Å². The number of nitro groups is 1. The van der Waals surface area contributed by atoms with E-state index in [0.717, 1.165) is 10.1 Å². The van der Waals surface area contributed by atoms with Gasteiger partial charge in [-0.1, -0.05) is 42.5 Å². The van der Waals surface area contributed by atoms with Gasteiger partial charge in [-0.3, -0.25) is 19.5 Å². The molecular weight excluding hydrogens is 358 g/mol. The molecule has 1 aromatic heterocycles. The molecule has 4 aromatic rings. The first-order valence-corrected chi connectivity index (χ1v) is 8.59. The summed E-state index contributed by atoms with van der Waals surface area (Å²) < 4.78 is 2.65. The molecule has 3 aromatic carbocycles. The van der Waals surface area contributed by atoms with Crippen LogP contribution in [0, 0.1) is 10.1 Å². The summed E-state index contributed by atoms with van der Waals surface area (Å²) in [5.41, 5.74) is 0.857. The standard InChI is InChI=1S/C21H15N3O4/c25-20-18-8-4-5-9-19(18)22(14-15-10-12-17(13-11-15)24(27)28)21(26)23(20)16-6-2-1-3-7-16/h1-13H,14H2. The van der Waals surface area contributed by atoms with Crippen molar-refractivity contribution in [2.45, 2.75) is 6.54 Å². The van der Waals surface area contributed by atoms with Crippen LogP contribution in [0.1, 0.15) is 5.56 Å². The molecule has 0 unspecified atom stereocenters. The van der Waals surface area contributed by atoms with Crippen molar-refractivity contribution in [3.05, 3.63) is 115 Å². The molecule has 0 aliphatic carbocycles. The summed E-state index contributed by atoms with van der Waals surface area (Å²) in [4.78, 5) is 36.5. The lowest BCUT2D eigenvalue weighted by molar-refractivity contribution is -0.384. The van der Waals surface area contributed by atoms with Crippen molar-refractivity contribution in [3.63, 3.8) is 0 Å². The number of hydrogen-bond acceptors (Lipinski definition) is 4. The molecule has 0 fully saturated rings. The molecule has 0 radical (unpaired) electrons. The Labute approximate surface area is 158 Å². The van der Waals surface area contributed by atoms with Gasteiger partial charge in [0.05, 0.1) is 28.1 Å². The molecule has 28 heavy (non-hydrogen) atoms. The average Bonchev–Trinajstić information content (AvgIpc) is 2.72. The van der Waals surface area contributed by atoms with E-state index in [1.165, 1.54) is 16.7 Å². The Morgan fingerprint density at radius 3 is 2.14 bits per heavy atom. The molecule has 4 rings (SSSR count). The topological polar surface area (TPSA) is 87.1 Å². The molecular formula is C21H15N3O4. The van der Waals surface area contributed by atoms with Crippen molar-refractivity contribution in [1.29, 1.82) is 0 Å². The Balaban J connectivity index is 1.94. The largest absolute Gasteiger partial charge is 0.336 e. The minimum atomic E-state index is -0.471. The van der Waals surface area contributed by atoms with E-state index >= 15 is 0 Å². The Morgan fingerprint density at radius 2 is 1.46 bits per heavy atom. The normalized spacial score (nSPS) is 10.9. The van der Waals surface area contributed by atoms with E-state index in [2.05, 4.69) is 0 Å². The zero-order valence-corrected chi connectivity index (χ0v) is 14.7. The van der Waals surface area contributed by atoms with Crippen LogP contribution in [-0.4, -0.2) is 14.1 Å². The first-order valence-electron chi connectivity index (χ1n) is 8.59. The third kappa shape index (κ3) is 2.99. The summed E-state index contributed by atoms with van der Waals surface area (Å²) >= 11 is 0. The highest BCUT2D eigenvalue weighted by atomic mass is 16.6. The zero-order chi connectivity index (χ0) is 19.7. The summed E-state index contributed by atoms with van der Waals surface area (Å²) in [5.74, 6) is 0. The maximum Gasteiger partial charge on any atom is 0.336 e. The van der Waals surface area contributed by atoms with Crippen LogP contribution in [-0.2, 0) is 6.54 Å². The molecule has 0 amide bonds. The smallest absolute Gasteiger partial charge is 0.288 e. The van der Waals surface area contributed by atoms with Gasteiger partial charge in [-0.25, -0.2) is 9.36 Å². The van der Waals surface area contributed by atoms with Gasteiger partial charge in [0.2, 0.25) is 0 Å². The molecule has 1 heterocycles. The van der Waals surface area contributed by atoms with Gasteiger partial charge < -0.3 is 0 Å². The predicted molar refractivity (Wildman–Crippen MR) is 106 cm³/mol. The number of non-ortho nitro benzene ring substituents is 1. The minimum Gasteiger partial charge on any atom is -0.288 e. The lowest BCUT2D eigenvalue weighted by Crippen LogP contribution is -2.39. The number of benzene rings is 3. The van der Waals surface area contributed by atoms with Gasteiger partial charge in [0.1, 0.15) is 0 Å². The number of hydrogen-bond donors (Lipinski definition) is 0. The molecule has 0 saturated heterocycles. The quantitative estimate of drug-likeness (QED) is 0.406. The van der Waals surface area contributed by atoms with Crippen LogP contribution in [0.15, 0.2) is 88.5 Å². The van der Waals surface area contributed by atoms with Crippen molar-refractivity contribution in [3.8, 4) is 5.69 Å². The highest BCUT2D eigenvalue weighted by molar-refractivity contribution is 5.78. The van der Waals surface area contributed by atoms with Crippen molar-refractivity contribution < 1.29 is 4.92 Å². The number of nitrogens with zero attached hydrogens (tertiary/aromatic N) is 3. The first-order chi connectivity index (χ1) is 13.6. The number of nitro benzene ring substituents is 1. The van der Waals surface area contributed by atoms with Gasteiger partial charge in [0, 0.05) is 12.1 Å². The van der Waals surface area contributed by atoms with Crippen LogP contribution in [0.2, 0.25) is 0 Å². The van der Waals surface area contributed by atoms with Crippen LogP contribution in [0.3, 0.4) is 0 Å². The summed E-state index contributed by atoms with van der Waals surface area (Å²) in [6.07, 6.45) is 0. The van der Waals surface area contributed by atoms with Crippen LogP contribution < -0.4 is 11.2 Å². The zero-order valence-electron chi connectivity index (χ0n) is 14.7. The number of rotatable bonds is 4. The van der Waals surface area contributed by atoms with Crippen LogP contribution in [0.5, 0.6) is 0 Å². The summed E-state index contributed by atoms with van der Waals surface area (Å²) in [7, 11) is 0. The Morgan fingerprint density at radius 1 is 0.821 bits per heavy atom. The highest BCUT2D eigenvalue weighted by Gasteiger charge is 2.15. The minimum absolute atomic E-state index is 0.0183. The third-order valence-corrected chi connectivity index (χ3v) is 4.55. The van der Waals surface area contributed by atoms with Gasteiger partial charge in [-0.15, -0.1) is 0 Å². The molecule has 0 atom stereocenters. The molecule has 138 valence electrons. The predicted octanol–water partition coefficient (Wildman–Crippen LogP) is 3.11. The molecule has 0 bridgehead atoms. The van der Waals surface area contributed by atoms with Crippen molar-refractivity contribution >= 4 is 16.6 Å². The van der Waals surface area contributed by atoms with Crippen molar-refractivity contribution in [2.75, 3.05) is 0 Å². The fraction of sp³-hybridized carbons (Fsp3) is 0.0476. The number of fused-ring (bicyclic) bond motifs is 1. The lowest BCUT2D eigenvalue weighted by Gasteiger charge is -2.14. The van der Waals surface area contributed by atoms with Gasteiger partial charge in [0.25, 0.3) is 11.2 Å². The van der Waals surface area contributed by atoms with E-state index < -0.39 is 10.6 Å². The lowest BCUT2D eigenvalue weighted by atomic mass is 10.2. The van der Waals surface area contributed by atoms with E-state index in [1.807, 2.05) is 6.07 Å². The monoisotopic (exact) mass is 373 g/mol. The van der Waals surface area contributed by atoms with Crippen molar-refractivity contribution in [1.82, 2.24) is 9.13 Å². The van der Waals surface area contributed by atoms with Gasteiger partial charge in [-0.05, 0) is 29.8 Å². The summed E-state index contributed by atoms with van der Waals surface area (Å²) in [6.45, 7) is 0.185. The molecule has 7 heteroatoms. The second-order valence-electron chi connectivity index (χ2n) is 6.29. The Bertz CT molecular complexity index is 1290. The van der Waals surface area contributed by atoms with Gasteiger partial charge in [-0.2, -0.15) is 0 Å². The van der Waals surface area contributed by atoms with Gasteiger partial charge >= 0.3 is 5.69 Å². The maximum absolute atomic E-state index is 13.2. The fourth-order valence-electron chi connectivity index (χ4n) is 3.18. The third-order valence-electron chi connectivity index (χ3n) is 4.55. The summed E-state index contributed by atoms with van der Waals surface area (Å²) in [5, 5.41) is 11.3. The van der Waals surface area contributed by atoms with E-state index in [0.29, 0.717) is 16.6 Å². The van der Waals surface area contributed by atoms with E-state index in [9.17, 15) is 19.7 Å². The first kappa shape index (κ1) is 17.4. The average molecular weight is 373 g/mol. The molecule has 0 saturated carbocycles. The molecule has 0 N–H and O–H groups in total. The summed E-state index contributed by atoms with van der Waals surface area (Å²) in [6, 6.07) is 21.7. The molecule has 0 aliphatic heterocycles. The SMILES string of the molecule is O=c1c2ccccc2n(Cc2ccc([N+](=O)[O-])cc2)c(=O)n1-c1ccccc1. The van der Waals surface area contributed by atoms with Gasteiger partial charge in [0.15, 0.2) is 0 Å². The highest BCUT2D eigenvalue weighted by Crippen LogP contribution is 2.15. The van der Waals surface area contributed by atoms with Crippen molar-refractivity contribution in [2.24, 2.45) is 0 Å². The Hall–Kier alpha value is -4.00. The molecule has 0 spiro atoms. The van der Waals surface area contributed by atoms with E-state index in [1.54, 1.807) is 60.7 Å². The Kier molecular flexibility index (Phi) is 4.33. The van der Waals surface area contributed by atoms with Crippen LogP contribution in [0.25, 0.3) is 16.6 Å². The second-order valence-corrected chi connectivity index (χ2v) is 6.29. The second kappa shape index (κ2) is 6.96. The van der Waals surface area contributed by atoms with E-state index in [-0.39, 0.29) is 17.8 Å². The van der Waals surface area contributed by atoms with E-state index in [4.69, 9.17) is 0 Å².